The molecule has 14 heavy (non-hydrogen) atoms. The lowest BCUT2D eigenvalue weighted by Crippen LogP contribution is -2.31. The Labute approximate surface area is 84.1 Å². The normalized spacial score (nSPS) is 27.6. The summed E-state index contributed by atoms with van der Waals surface area (Å²) >= 11 is 0. The predicted octanol–water partition coefficient (Wildman–Crippen LogP) is 2.81. The summed E-state index contributed by atoms with van der Waals surface area (Å²) in [4.78, 5) is 0. The first kappa shape index (κ1) is 9.66. The van der Waals surface area contributed by atoms with Crippen LogP contribution in [-0.4, -0.2) is 6.04 Å². The van der Waals surface area contributed by atoms with E-state index in [1.54, 1.807) is 0 Å². The van der Waals surface area contributed by atoms with E-state index in [1.807, 2.05) is 12.1 Å². The summed E-state index contributed by atoms with van der Waals surface area (Å²) in [5.41, 5.74) is 7.25. The van der Waals surface area contributed by atoms with E-state index in [0.717, 1.165) is 12.8 Å². The van der Waals surface area contributed by atoms with Crippen LogP contribution >= 0.6 is 0 Å². The molecule has 2 N–H and O–H groups in total. The molecule has 0 saturated heterocycles. The molecule has 2 atom stereocenters. The lowest BCUT2D eigenvalue weighted by atomic mass is 9.80. The maximum Gasteiger partial charge on any atom is 0.123 e. The minimum atomic E-state index is -0.168. The van der Waals surface area contributed by atoms with Crippen molar-refractivity contribution < 1.29 is 4.39 Å². The van der Waals surface area contributed by atoms with Gasteiger partial charge in [-0.05, 0) is 36.5 Å². The van der Waals surface area contributed by atoms with Crippen molar-refractivity contribution in [3.63, 3.8) is 0 Å². The van der Waals surface area contributed by atoms with Gasteiger partial charge in [0.2, 0.25) is 0 Å². The third-order valence-electron chi connectivity index (χ3n) is 3.12. The smallest absolute Gasteiger partial charge is 0.123 e. The molecule has 1 nitrogen and oxygen atoms in total. The highest BCUT2D eigenvalue weighted by atomic mass is 19.1. The number of halogens is 1. The van der Waals surface area contributed by atoms with E-state index in [4.69, 9.17) is 5.73 Å². The SMILES string of the molecule is NC1CCCCC1c1ccc(F)cc1. The fraction of sp³-hybridized carbons (Fsp3) is 0.500. The van der Waals surface area contributed by atoms with Crippen molar-refractivity contribution in [1.29, 1.82) is 0 Å². The Morgan fingerprint density at radius 3 is 2.36 bits per heavy atom. The van der Waals surface area contributed by atoms with Crippen LogP contribution < -0.4 is 5.73 Å². The standard InChI is InChI=1S/C12H16FN/c13-10-7-5-9(6-8-10)11-3-1-2-4-12(11)14/h5-8,11-12H,1-4,14H2. The first-order chi connectivity index (χ1) is 6.77. The first-order valence-corrected chi connectivity index (χ1v) is 5.28. The molecule has 2 unspecified atom stereocenters. The zero-order valence-electron chi connectivity index (χ0n) is 8.25. The Balaban J connectivity index is 2.16. The van der Waals surface area contributed by atoms with Crippen LogP contribution in [0.1, 0.15) is 37.2 Å². The molecule has 0 spiro atoms. The van der Waals surface area contributed by atoms with Crippen molar-refractivity contribution >= 4 is 0 Å². The van der Waals surface area contributed by atoms with Gasteiger partial charge in [-0.1, -0.05) is 25.0 Å². The third-order valence-corrected chi connectivity index (χ3v) is 3.12. The number of nitrogens with two attached hydrogens (primary N) is 1. The highest BCUT2D eigenvalue weighted by molar-refractivity contribution is 5.22. The van der Waals surface area contributed by atoms with Crippen molar-refractivity contribution in [1.82, 2.24) is 0 Å². The Morgan fingerprint density at radius 1 is 1.07 bits per heavy atom. The molecule has 0 heterocycles. The van der Waals surface area contributed by atoms with Crippen LogP contribution in [0.15, 0.2) is 24.3 Å². The summed E-state index contributed by atoms with van der Waals surface area (Å²) in [6.45, 7) is 0. The van der Waals surface area contributed by atoms with Crippen LogP contribution in [0.4, 0.5) is 4.39 Å². The molecule has 0 radical (unpaired) electrons. The van der Waals surface area contributed by atoms with Crippen molar-refractivity contribution in [2.24, 2.45) is 5.73 Å². The topological polar surface area (TPSA) is 26.0 Å². The molecule has 1 aliphatic carbocycles. The van der Waals surface area contributed by atoms with Gasteiger partial charge in [-0.3, -0.25) is 0 Å². The molecule has 0 aliphatic heterocycles. The number of hydrogen-bond donors (Lipinski definition) is 1. The summed E-state index contributed by atoms with van der Waals surface area (Å²) in [7, 11) is 0. The second-order valence-electron chi connectivity index (χ2n) is 4.11. The summed E-state index contributed by atoms with van der Waals surface area (Å²) in [6, 6.07) is 7.04. The monoisotopic (exact) mass is 193 g/mol. The van der Waals surface area contributed by atoms with E-state index < -0.39 is 0 Å². The first-order valence-electron chi connectivity index (χ1n) is 5.28. The van der Waals surface area contributed by atoms with Crippen LogP contribution in [0.25, 0.3) is 0 Å². The van der Waals surface area contributed by atoms with Gasteiger partial charge in [0.15, 0.2) is 0 Å². The molecule has 1 fully saturated rings. The quantitative estimate of drug-likeness (QED) is 0.729. The Hall–Kier alpha value is -0.890. The highest BCUT2D eigenvalue weighted by Gasteiger charge is 2.22. The lowest BCUT2D eigenvalue weighted by Gasteiger charge is -2.28. The molecule has 1 aliphatic rings. The molecule has 1 aromatic carbocycles. The Bertz CT molecular complexity index is 294. The van der Waals surface area contributed by atoms with Crippen LogP contribution in [0.2, 0.25) is 0 Å². The van der Waals surface area contributed by atoms with Crippen LogP contribution in [-0.2, 0) is 0 Å². The lowest BCUT2D eigenvalue weighted by molar-refractivity contribution is 0.385. The number of benzene rings is 1. The van der Waals surface area contributed by atoms with Gasteiger partial charge in [-0.2, -0.15) is 0 Å². The molecular weight excluding hydrogens is 177 g/mol. The average Bonchev–Trinajstić information content (AvgIpc) is 2.20. The number of rotatable bonds is 1. The van der Waals surface area contributed by atoms with Crippen molar-refractivity contribution in [3.8, 4) is 0 Å². The van der Waals surface area contributed by atoms with E-state index >= 15 is 0 Å². The molecule has 1 saturated carbocycles. The van der Waals surface area contributed by atoms with Gasteiger partial charge in [0.25, 0.3) is 0 Å². The van der Waals surface area contributed by atoms with Gasteiger partial charge < -0.3 is 5.73 Å². The van der Waals surface area contributed by atoms with Crippen molar-refractivity contribution in [2.75, 3.05) is 0 Å². The maximum atomic E-state index is 12.7. The molecule has 2 heteroatoms. The van der Waals surface area contributed by atoms with Crippen LogP contribution in [0.5, 0.6) is 0 Å². The molecule has 76 valence electrons. The van der Waals surface area contributed by atoms with Gasteiger partial charge in [-0.15, -0.1) is 0 Å². The van der Waals surface area contributed by atoms with E-state index in [0.29, 0.717) is 5.92 Å². The third kappa shape index (κ3) is 1.95. The highest BCUT2D eigenvalue weighted by Crippen LogP contribution is 2.31. The minimum absolute atomic E-state index is 0.168. The molecular formula is C12H16FN. The molecule has 0 aromatic heterocycles. The Kier molecular flexibility index (Phi) is 2.82. The molecule has 1 aromatic rings. The average molecular weight is 193 g/mol. The second-order valence-corrected chi connectivity index (χ2v) is 4.11. The van der Waals surface area contributed by atoms with Crippen molar-refractivity contribution in [2.45, 2.75) is 37.6 Å². The molecule has 2 rings (SSSR count). The van der Waals surface area contributed by atoms with E-state index in [1.165, 1.54) is 30.5 Å². The van der Waals surface area contributed by atoms with E-state index in [9.17, 15) is 4.39 Å². The largest absolute Gasteiger partial charge is 0.327 e. The number of hydrogen-bond acceptors (Lipinski definition) is 1. The molecule has 0 amide bonds. The predicted molar refractivity (Wildman–Crippen MR) is 55.6 cm³/mol. The van der Waals surface area contributed by atoms with E-state index in [2.05, 4.69) is 0 Å². The van der Waals surface area contributed by atoms with Crippen molar-refractivity contribution in [3.05, 3.63) is 35.6 Å². The second kappa shape index (κ2) is 4.09. The molecule has 0 bridgehead atoms. The summed E-state index contributed by atoms with van der Waals surface area (Å²) in [5, 5.41) is 0. The fourth-order valence-corrected chi connectivity index (χ4v) is 2.28. The summed E-state index contributed by atoms with van der Waals surface area (Å²) < 4.78 is 12.7. The van der Waals surface area contributed by atoms with Gasteiger partial charge in [0.05, 0.1) is 0 Å². The van der Waals surface area contributed by atoms with E-state index in [-0.39, 0.29) is 11.9 Å². The van der Waals surface area contributed by atoms with Gasteiger partial charge in [0, 0.05) is 6.04 Å². The maximum absolute atomic E-state index is 12.7. The fourth-order valence-electron chi connectivity index (χ4n) is 2.28. The summed E-state index contributed by atoms with van der Waals surface area (Å²) in [5.74, 6) is 0.266. The van der Waals surface area contributed by atoms with Gasteiger partial charge in [-0.25, -0.2) is 4.39 Å². The van der Waals surface area contributed by atoms with Gasteiger partial charge >= 0.3 is 0 Å². The van der Waals surface area contributed by atoms with Crippen LogP contribution in [0, 0.1) is 5.82 Å². The minimum Gasteiger partial charge on any atom is -0.327 e. The van der Waals surface area contributed by atoms with Gasteiger partial charge in [0.1, 0.15) is 5.82 Å². The Morgan fingerprint density at radius 2 is 1.71 bits per heavy atom. The van der Waals surface area contributed by atoms with Crippen LogP contribution in [0.3, 0.4) is 0 Å². The summed E-state index contributed by atoms with van der Waals surface area (Å²) in [6.07, 6.45) is 4.73. The zero-order valence-corrected chi connectivity index (χ0v) is 8.25. The zero-order chi connectivity index (χ0) is 9.97.